The summed E-state index contributed by atoms with van der Waals surface area (Å²) in [5.74, 6) is 1.18. The zero-order valence-corrected chi connectivity index (χ0v) is 23.3. The quantitative estimate of drug-likeness (QED) is 0.250. The molecule has 2 heterocycles. The molecule has 0 radical (unpaired) electrons. The van der Waals surface area contributed by atoms with E-state index in [1.54, 1.807) is 6.07 Å². The average molecular weight is 537 g/mol. The molecule has 6 nitrogen and oxygen atoms in total. The van der Waals surface area contributed by atoms with Crippen LogP contribution >= 0.6 is 0 Å². The van der Waals surface area contributed by atoms with Gasteiger partial charge in [-0.05, 0) is 50.2 Å². The van der Waals surface area contributed by atoms with Crippen LogP contribution in [0.2, 0.25) is 0 Å². The highest BCUT2D eigenvalue weighted by Crippen LogP contribution is 2.30. The van der Waals surface area contributed by atoms with Gasteiger partial charge in [0.15, 0.2) is 11.9 Å². The number of hydrogen-bond acceptors (Lipinski definition) is 4. The minimum atomic E-state index is -4.33. The zero-order chi connectivity index (χ0) is 27.5. The van der Waals surface area contributed by atoms with Crippen LogP contribution in [0.3, 0.4) is 0 Å². The maximum Gasteiger partial charge on any atom is 0.416 e. The number of nitrogens with zero attached hydrogens (tertiary/aromatic N) is 4. The third kappa shape index (κ3) is 8.53. The first kappa shape index (κ1) is 30.1. The summed E-state index contributed by atoms with van der Waals surface area (Å²) in [5.41, 5.74) is 6.18. The van der Waals surface area contributed by atoms with Crippen molar-refractivity contribution in [2.24, 2.45) is 10.7 Å². The Morgan fingerprint density at radius 3 is 2.39 bits per heavy atom. The van der Waals surface area contributed by atoms with Gasteiger partial charge in [0.2, 0.25) is 0 Å². The number of guanidine groups is 2. The van der Waals surface area contributed by atoms with Gasteiger partial charge in [-0.15, -0.1) is 0 Å². The topological polar surface area (TPSA) is 72.0 Å². The molecule has 3 N–H and O–H groups in total. The van der Waals surface area contributed by atoms with Gasteiger partial charge in [0.1, 0.15) is 0 Å². The van der Waals surface area contributed by atoms with E-state index in [0.717, 1.165) is 57.8 Å². The number of unbranched alkanes of at least 4 members (excludes halogenated alkanes) is 5. The van der Waals surface area contributed by atoms with Crippen LogP contribution in [-0.4, -0.2) is 71.4 Å². The lowest BCUT2D eigenvalue weighted by molar-refractivity contribution is -0.137. The molecule has 9 heteroatoms. The first-order valence-corrected chi connectivity index (χ1v) is 14.6. The minimum Gasteiger partial charge on any atom is -0.370 e. The molecular weight excluding hydrogens is 489 g/mol. The molecule has 0 aromatic heterocycles. The third-order valence-electron chi connectivity index (χ3n) is 7.90. The SMILES string of the molecule is CCCCCCN1C(=N)N(CCCC[C@H]2CN=C(N)N2CCc2cccc(C(F)(F)F)c2)C[C@@H]1CCCC. The van der Waals surface area contributed by atoms with E-state index in [9.17, 15) is 13.2 Å². The highest BCUT2D eigenvalue weighted by Gasteiger charge is 2.33. The summed E-state index contributed by atoms with van der Waals surface area (Å²) in [6.45, 7) is 8.48. The zero-order valence-electron chi connectivity index (χ0n) is 23.3. The fourth-order valence-corrected chi connectivity index (χ4v) is 5.63. The minimum absolute atomic E-state index is 0.186. The lowest BCUT2D eigenvalue weighted by Gasteiger charge is -2.27. The number of nitrogens with one attached hydrogen (secondary N) is 1. The number of rotatable bonds is 16. The van der Waals surface area contributed by atoms with E-state index in [1.807, 2.05) is 0 Å². The number of alkyl halides is 3. The fourth-order valence-electron chi connectivity index (χ4n) is 5.63. The maximum atomic E-state index is 13.1. The van der Waals surface area contributed by atoms with Gasteiger partial charge in [0.05, 0.1) is 18.2 Å². The largest absolute Gasteiger partial charge is 0.416 e. The molecule has 38 heavy (non-hydrogen) atoms. The summed E-state index contributed by atoms with van der Waals surface area (Å²) in [6.07, 6.45) is 7.54. The monoisotopic (exact) mass is 536 g/mol. The summed E-state index contributed by atoms with van der Waals surface area (Å²) in [5, 5.41) is 8.80. The predicted molar refractivity (Wildman–Crippen MR) is 149 cm³/mol. The molecule has 214 valence electrons. The molecular formula is C29H47F3N6. The lowest BCUT2D eigenvalue weighted by Crippen LogP contribution is -2.42. The number of halogens is 3. The van der Waals surface area contributed by atoms with Crippen LogP contribution in [0.4, 0.5) is 13.2 Å². The van der Waals surface area contributed by atoms with Gasteiger partial charge in [0.25, 0.3) is 0 Å². The number of benzene rings is 1. The number of hydrogen-bond donors (Lipinski definition) is 2. The molecule has 2 aliphatic heterocycles. The summed E-state index contributed by atoms with van der Waals surface area (Å²) >= 11 is 0. The number of aliphatic imine (C=N–C) groups is 1. The molecule has 0 aliphatic carbocycles. The van der Waals surface area contributed by atoms with Crippen molar-refractivity contribution in [2.75, 3.05) is 32.7 Å². The maximum absolute atomic E-state index is 13.1. The summed E-state index contributed by atoms with van der Waals surface area (Å²) in [4.78, 5) is 11.1. The van der Waals surface area contributed by atoms with Crippen LogP contribution in [0.25, 0.3) is 0 Å². The van der Waals surface area contributed by atoms with E-state index in [1.165, 1.54) is 44.2 Å². The van der Waals surface area contributed by atoms with Crippen LogP contribution in [0, 0.1) is 5.41 Å². The predicted octanol–water partition coefficient (Wildman–Crippen LogP) is 6.11. The van der Waals surface area contributed by atoms with Gasteiger partial charge < -0.3 is 20.4 Å². The normalized spacial score (nSPS) is 20.1. The molecule has 1 fully saturated rings. The highest BCUT2D eigenvalue weighted by atomic mass is 19.4. The molecule has 1 saturated heterocycles. The Kier molecular flexibility index (Phi) is 11.6. The van der Waals surface area contributed by atoms with Crippen molar-refractivity contribution in [1.82, 2.24) is 14.7 Å². The van der Waals surface area contributed by atoms with Crippen molar-refractivity contribution >= 4 is 11.9 Å². The van der Waals surface area contributed by atoms with Gasteiger partial charge >= 0.3 is 6.18 Å². The first-order valence-electron chi connectivity index (χ1n) is 14.6. The second-order valence-electron chi connectivity index (χ2n) is 10.8. The van der Waals surface area contributed by atoms with Gasteiger partial charge in [-0.25, -0.2) is 0 Å². The molecule has 0 unspecified atom stereocenters. The van der Waals surface area contributed by atoms with E-state index in [-0.39, 0.29) is 6.04 Å². The Bertz CT molecular complexity index is 903. The van der Waals surface area contributed by atoms with Gasteiger partial charge in [-0.1, -0.05) is 64.2 Å². The Hall–Kier alpha value is -2.45. The second-order valence-corrected chi connectivity index (χ2v) is 10.8. The molecule has 0 amide bonds. The van der Waals surface area contributed by atoms with Gasteiger partial charge in [0, 0.05) is 32.2 Å². The summed E-state index contributed by atoms with van der Waals surface area (Å²) < 4.78 is 39.2. The van der Waals surface area contributed by atoms with Crippen LogP contribution in [0.1, 0.15) is 89.2 Å². The Balaban J connectivity index is 1.44. The van der Waals surface area contributed by atoms with E-state index in [0.29, 0.717) is 43.0 Å². The molecule has 0 spiro atoms. The molecule has 1 aromatic rings. The Morgan fingerprint density at radius 1 is 0.921 bits per heavy atom. The van der Waals surface area contributed by atoms with Crippen LogP contribution in [0.15, 0.2) is 29.3 Å². The smallest absolute Gasteiger partial charge is 0.370 e. The van der Waals surface area contributed by atoms with E-state index >= 15 is 0 Å². The van der Waals surface area contributed by atoms with Crippen molar-refractivity contribution in [2.45, 2.75) is 103 Å². The van der Waals surface area contributed by atoms with E-state index < -0.39 is 11.7 Å². The first-order chi connectivity index (χ1) is 18.2. The van der Waals surface area contributed by atoms with Crippen LogP contribution in [-0.2, 0) is 12.6 Å². The van der Waals surface area contributed by atoms with Crippen LogP contribution in [0.5, 0.6) is 0 Å². The third-order valence-corrected chi connectivity index (χ3v) is 7.90. The van der Waals surface area contributed by atoms with Gasteiger partial charge in [-0.3, -0.25) is 10.4 Å². The molecule has 0 saturated carbocycles. The molecule has 1 aromatic carbocycles. The average Bonchev–Trinajstić information content (AvgIpc) is 3.39. The van der Waals surface area contributed by atoms with Gasteiger partial charge in [-0.2, -0.15) is 13.2 Å². The van der Waals surface area contributed by atoms with Crippen molar-refractivity contribution in [1.29, 1.82) is 5.41 Å². The fraction of sp³-hybridized carbons (Fsp3) is 0.724. The molecule has 0 bridgehead atoms. The molecule has 2 aliphatic rings. The second kappa shape index (κ2) is 14.6. The van der Waals surface area contributed by atoms with Crippen LogP contribution < -0.4 is 5.73 Å². The molecule has 2 atom stereocenters. The van der Waals surface area contributed by atoms with Crippen molar-refractivity contribution in [3.05, 3.63) is 35.4 Å². The number of nitrogens with two attached hydrogens (primary N) is 1. The standard InChI is InChI=1S/C29H47F3N6/c1-3-5-7-9-18-38-26(14-6-4-2)22-36(28(38)34)17-10-8-15-25-21-35-27(33)37(25)19-16-23-12-11-13-24(20-23)29(30,31)32/h11-13,20,25-26,34H,3-10,14-19,21-22H2,1-2H3,(H2,33,35)/t25-,26-/m0/s1. The van der Waals surface area contributed by atoms with Crippen molar-refractivity contribution in [3.63, 3.8) is 0 Å². The summed E-state index contributed by atoms with van der Waals surface area (Å²) in [7, 11) is 0. The van der Waals surface area contributed by atoms with E-state index in [4.69, 9.17) is 11.1 Å². The lowest BCUT2D eigenvalue weighted by atomic mass is 10.1. The van der Waals surface area contributed by atoms with Crippen molar-refractivity contribution in [3.8, 4) is 0 Å². The summed E-state index contributed by atoms with van der Waals surface area (Å²) in [6, 6.07) is 6.18. The highest BCUT2D eigenvalue weighted by molar-refractivity contribution is 5.80. The Morgan fingerprint density at radius 2 is 1.66 bits per heavy atom. The Labute approximate surface area is 227 Å². The van der Waals surface area contributed by atoms with Crippen molar-refractivity contribution < 1.29 is 13.2 Å². The molecule has 3 rings (SSSR count). The van der Waals surface area contributed by atoms with E-state index in [2.05, 4.69) is 33.5 Å².